The molecule has 0 aliphatic carbocycles. The van der Waals surface area contributed by atoms with Crippen molar-refractivity contribution in [2.75, 3.05) is 6.61 Å². The van der Waals surface area contributed by atoms with Crippen LogP contribution in [0.2, 0.25) is 0 Å². The molecule has 1 N–H and O–H groups in total. The number of aryl methyl sites for hydroxylation is 1. The molecule has 9 nitrogen and oxygen atoms in total. The molecule has 28 heavy (non-hydrogen) atoms. The molecule has 146 valence electrons. The molecular formula is C19H20N4O5. The summed E-state index contributed by atoms with van der Waals surface area (Å²) in [5.74, 6) is 0.0791. The van der Waals surface area contributed by atoms with Gasteiger partial charge in [-0.15, -0.1) is 4.91 Å². The quantitative estimate of drug-likeness (QED) is 0.319. The summed E-state index contributed by atoms with van der Waals surface area (Å²) >= 11 is 0. The summed E-state index contributed by atoms with van der Waals surface area (Å²) < 4.78 is 5.57. The van der Waals surface area contributed by atoms with Gasteiger partial charge in [0.2, 0.25) is 0 Å². The van der Waals surface area contributed by atoms with Crippen molar-refractivity contribution in [3.8, 4) is 5.75 Å². The fraction of sp³-hybridized carbons (Fsp3) is 0.263. The van der Waals surface area contributed by atoms with Crippen LogP contribution in [0.3, 0.4) is 0 Å². The van der Waals surface area contributed by atoms with Crippen molar-refractivity contribution in [2.45, 2.75) is 26.7 Å². The molecule has 1 amide bonds. The molecule has 0 aromatic heterocycles. The first-order valence-corrected chi connectivity index (χ1v) is 8.49. The van der Waals surface area contributed by atoms with Crippen LogP contribution in [-0.2, 0) is 4.79 Å². The van der Waals surface area contributed by atoms with Gasteiger partial charge in [-0.3, -0.25) is 14.9 Å². The van der Waals surface area contributed by atoms with Crippen molar-refractivity contribution < 1.29 is 14.5 Å². The van der Waals surface area contributed by atoms with Gasteiger partial charge in [-0.25, -0.2) is 5.43 Å². The second kappa shape index (κ2) is 9.36. The van der Waals surface area contributed by atoms with Crippen LogP contribution in [0.25, 0.3) is 0 Å². The van der Waals surface area contributed by atoms with Gasteiger partial charge in [0.15, 0.2) is 6.61 Å². The highest BCUT2D eigenvalue weighted by Crippen LogP contribution is 2.33. The molecule has 0 spiro atoms. The Hall–Kier alpha value is -3.62. The number of nitrogens with one attached hydrogen (secondary N) is 1. The molecule has 0 heterocycles. The number of nitrogens with zero attached hydrogens (tertiary/aromatic N) is 3. The Morgan fingerprint density at radius 3 is 2.71 bits per heavy atom. The molecule has 0 atom stereocenters. The summed E-state index contributed by atoms with van der Waals surface area (Å²) in [6, 6.07) is 9.18. The second-order valence-corrected chi connectivity index (χ2v) is 6.36. The minimum absolute atomic E-state index is 0.0662. The first-order chi connectivity index (χ1) is 13.3. The van der Waals surface area contributed by atoms with Crippen LogP contribution in [-0.4, -0.2) is 23.7 Å². The van der Waals surface area contributed by atoms with E-state index in [4.69, 9.17) is 4.74 Å². The minimum atomic E-state index is -0.510. The number of ether oxygens (including phenoxy) is 1. The van der Waals surface area contributed by atoms with E-state index < -0.39 is 10.8 Å². The number of rotatable bonds is 8. The number of carbonyl (C=O) groups is 1. The first-order valence-electron chi connectivity index (χ1n) is 8.49. The van der Waals surface area contributed by atoms with Crippen LogP contribution in [0.1, 0.15) is 36.5 Å². The fourth-order valence-electron chi connectivity index (χ4n) is 2.43. The predicted octanol–water partition coefficient (Wildman–Crippen LogP) is 3.95. The van der Waals surface area contributed by atoms with E-state index in [1.54, 1.807) is 25.1 Å². The van der Waals surface area contributed by atoms with Crippen LogP contribution in [0, 0.1) is 21.9 Å². The van der Waals surface area contributed by atoms with Crippen molar-refractivity contribution in [1.82, 2.24) is 5.43 Å². The lowest BCUT2D eigenvalue weighted by atomic mass is 9.99. The van der Waals surface area contributed by atoms with Gasteiger partial charge in [0.1, 0.15) is 11.4 Å². The van der Waals surface area contributed by atoms with Crippen molar-refractivity contribution in [1.29, 1.82) is 0 Å². The van der Waals surface area contributed by atoms with Gasteiger partial charge in [-0.1, -0.05) is 26.0 Å². The van der Waals surface area contributed by atoms with E-state index in [9.17, 15) is 19.8 Å². The topological polar surface area (TPSA) is 123 Å². The van der Waals surface area contributed by atoms with E-state index >= 15 is 0 Å². The third-order valence-corrected chi connectivity index (χ3v) is 3.89. The van der Waals surface area contributed by atoms with Gasteiger partial charge >= 0.3 is 0 Å². The summed E-state index contributed by atoms with van der Waals surface area (Å²) in [6.07, 6.45) is 1.30. The number of amides is 1. The Bertz CT molecular complexity index is 925. The molecule has 0 bridgehead atoms. The third-order valence-electron chi connectivity index (χ3n) is 3.89. The fourth-order valence-corrected chi connectivity index (χ4v) is 2.43. The normalized spacial score (nSPS) is 10.9. The molecule has 0 aliphatic heterocycles. The van der Waals surface area contributed by atoms with E-state index in [-0.39, 0.29) is 18.2 Å². The molecule has 2 aromatic carbocycles. The minimum Gasteiger partial charge on any atom is -0.483 e. The molecule has 0 saturated heterocycles. The van der Waals surface area contributed by atoms with Gasteiger partial charge in [-0.2, -0.15) is 5.10 Å². The zero-order chi connectivity index (χ0) is 20.7. The summed E-state index contributed by atoms with van der Waals surface area (Å²) in [7, 11) is 0. The molecule has 0 saturated carbocycles. The maximum atomic E-state index is 11.9. The Balaban J connectivity index is 1.99. The Labute approximate surface area is 161 Å². The van der Waals surface area contributed by atoms with E-state index in [0.29, 0.717) is 22.6 Å². The number of hydrogen-bond donors (Lipinski definition) is 1. The predicted molar refractivity (Wildman–Crippen MR) is 105 cm³/mol. The zero-order valence-corrected chi connectivity index (χ0v) is 15.7. The summed E-state index contributed by atoms with van der Waals surface area (Å²) in [4.78, 5) is 33.0. The van der Waals surface area contributed by atoms with Crippen molar-refractivity contribution in [3.05, 3.63) is 68.1 Å². The summed E-state index contributed by atoms with van der Waals surface area (Å²) in [6.45, 7) is 5.33. The number of carbonyl (C=O) groups excluding carboxylic acids is 1. The lowest BCUT2D eigenvalue weighted by molar-refractivity contribution is -0.384. The van der Waals surface area contributed by atoms with E-state index in [1.807, 2.05) is 13.8 Å². The van der Waals surface area contributed by atoms with Crippen molar-refractivity contribution in [3.63, 3.8) is 0 Å². The van der Waals surface area contributed by atoms with Gasteiger partial charge in [0.25, 0.3) is 11.6 Å². The molecular weight excluding hydrogens is 364 g/mol. The summed E-state index contributed by atoms with van der Waals surface area (Å²) in [5, 5.41) is 17.5. The monoisotopic (exact) mass is 384 g/mol. The molecule has 2 aromatic rings. The number of nitro groups is 1. The van der Waals surface area contributed by atoms with Crippen LogP contribution in [0.5, 0.6) is 5.75 Å². The standard InChI is InChI=1S/C19H20N4O5/c1-12(2)16-9-17(22-25)13(3)7-18(16)28-11-19(24)21-20-10-14-5-4-6-15(8-14)23(26)27/h4-10,12H,11H2,1-3H3,(H,21,24)/b20-10+. The first kappa shape index (κ1) is 20.7. The Morgan fingerprint density at radius 1 is 1.32 bits per heavy atom. The van der Waals surface area contributed by atoms with Gasteiger partial charge < -0.3 is 4.74 Å². The molecule has 2 rings (SSSR count). The number of non-ortho nitro benzene ring substituents is 1. The molecule has 0 unspecified atom stereocenters. The van der Waals surface area contributed by atoms with E-state index in [0.717, 1.165) is 5.56 Å². The van der Waals surface area contributed by atoms with Crippen LogP contribution >= 0.6 is 0 Å². The highest BCUT2D eigenvalue weighted by atomic mass is 16.6. The van der Waals surface area contributed by atoms with Gasteiger partial charge in [0, 0.05) is 17.7 Å². The number of nitroso groups, excluding NO2 is 1. The second-order valence-electron chi connectivity index (χ2n) is 6.36. The maximum absolute atomic E-state index is 11.9. The van der Waals surface area contributed by atoms with Crippen molar-refractivity contribution >= 4 is 23.5 Å². The number of hydrogen-bond acceptors (Lipinski definition) is 7. The molecule has 0 aliphatic rings. The average Bonchev–Trinajstić information content (AvgIpc) is 2.66. The highest BCUT2D eigenvalue weighted by Gasteiger charge is 2.13. The van der Waals surface area contributed by atoms with Gasteiger partial charge in [-0.05, 0) is 41.3 Å². The lowest BCUT2D eigenvalue weighted by Crippen LogP contribution is -2.25. The number of hydrazone groups is 1. The SMILES string of the molecule is Cc1cc(OCC(=O)N/N=C/c2cccc([N+](=O)[O-])c2)c(C(C)C)cc1N=O. The zero-order valence-electron chi connectivity index (χ0n) is 15.7. The molecule has 9 heteroatoms. The third kappa shape index (κ3) is 5.44. The maximum Gasteiger partial charge on any atom is 0.277 e. The van der Waals surface area contributed by atoms with Crippen LogP contribution in [0.4, 0.5) is 11.4 Å². The lowest BCUT2D eigenvalue weighted by Gasteiger charge is -2.15. The van der Waals surface area contributed by atoms with Crippen molar-refractivity contribution in [2.24, 2.45) is 10.3 Å². The summed E-state index contributed by atoms with van der Waals surface area (Å²) in [5.41, 5.74) is 4.47. The van der Waals surface area contributed by atoms with E-state index in [1.165, 1.54) is 24.4 Å². The Morgan fingerprint density at radius 2 is 2.07 bits per heavy atom. The van der Waals surface area contributed by atoms with E-state index in [2.05, 4.69) is 15.7 Å². The largest absolute Gasteiger partial charge is 0.483 e. The smallest absolute Gasteiger partial charge is 0.277 e. The number of benzene rings is 2. The molecule has 0 radical (unpaired) electrons. The average molecular weight is 384 g/mol. The highest BCUT2D eigenvalue weighted by molar-refractivity contribution is 5.83. The number of nitro benzene ring substituents is 1. The van der Waals surface area contributed by atoms with Crippen LogP contribution in [0.15, 0.2) is 46.7 Å². The molecule has 0 fully saturated rings. The van der Waals surface area contributed by atoms with Crippen LogP contribution < -0.4 is 10.2 Å². The van der Waals surface area contributed by atoms with Gasteiger partial charge in [0.05, 0.1) is 11.1 Å². The Kier molecular flexibility index (Phi) is 6.91.